The number of carbonyl (C=O) groups excluding carboxylic acids is 3. The summed E-state index contributed by atoms with van der Waals surface area (Å²) < 4.78 is 5.44. The van der Waals surface area contributed by atoms with Gasteiger partial charge in [0.25, 0.3) is 5.91 Å². The SMILES string of the molecule is C=CCN(C(=O)C(Cc1ccc(O)cc1)NC(=O)OC(C)(C)C)C(C(=O)Nc1ccc2ccccc2c1)c1cccc(O)c1. The van der Waals surface area contributed by atoms with Crippen molar-refractivity contribution in [3.8, 4) is 11.5 Å². The molecule has 0 heterocycles. The number of nitrogens with zero attached hydrogens (tertiary/aromatic N) is 1. The number of fused-ring (bicyclic) bond motifs is 1. The van der Waals surface area contributed by atoms with Crippen LogP contribution >= 0.6 is 0 Å². The van der Waals surface area contributed by atoms with E-state index in [1.165, 1.54) is 35.2 Å². The number of alkyl carbamates (subject to hydrolysis) is 1. The fraction of sp³-hybridized carbons (Fsp3) is 0.229. The molecule has 4 aromatic rings. The van der Waals surface area contributed by atoms with E-state index >= 15 is 0 Å². The van der Waals surface area contributed by atoms with Crippen LogP contribution in [0.3, 0.4) is 0 Å². The Morgan fingerprint density at radius 2 is 1.59 bits per heavy atom. The first kappa shape index (κ1) is 31.6. The van der Waals surface area contributed by atoms with Gasteiger partial charge >= 0.3 is 6.09 Å². The summed E-state index contributed by atoms with van der Waals surface area (Å²) in [7, 11) is 0. The van der Waals surface area contributed by atoms with Crippen LogP contribution in [0.4, 0.5) is 10.5 Å². The maximum Gasteiger partial charge on any atom is 0.408 e. The number of rotatable bonds is 10. The minimum Gasteiger partial charge on any atom is -0.508 e. The van der Waals surface area contributed by atoms with Crippen molar-refractivity contribution in [1.29, 1.82) is 0 Å². The molecule has 0 aliphatic rings. The first-order chi connectivity index (χ1) is 20.9. The highest BCUT2D eigenvalue weighted by atomic mass is 16.6. The monoisotopic (exact) mass is 595 g/mol. The molecule has 228 valence electrons. The first-order valence-electron chi connectivity index (χ1n) is 14.2. The first-order valence-corrected chi connectivity index (χ1v) is 14.2. The molecule has 9 heteroatoms. The highest BCUT2D eigenvalue weighted by Gasteiger charge is 2.36. The number of hydrogen-bond donors (Lipinski definition) is 4. The standard InChI is InChI=1S/C35H37N3O6/c1-5-19-38(33(42)30(37-34(43)44-35(2,3)4)20-23-13-17-28(39)18-14-23)31(26-11-8-12-29(40)22-26)32(41)36-27-16-15-24-9-6-7-10-25(24)21-27/h5-18,21-22,30-31,39-40H,1,19-20H2,2-4H3,(H,36,41)(H,37,43). The molecule has 44 heavy (non-hydrogen) atoms. The van der Waals surface area contributed by atoms with Gasteiger partial charge in [0.15, 0.2) is 0 Å². The summed E-state index contributed by atoms with van der Waals surface area (Å²) >= 11 is 0. The van der Waals surface area contributed by atoms with Crippen molar-refractivity contribution >= 4 is 34.4 Å². The van der Waals surface area contributed by atoms with Crippen LogP contribution in [0.2, 0.25) is 0 Å². The molecule has 0 fully saturated rings. The highest BCUT2D eigenvalue weighted by Crippen LogP contribution is 2.28. The second kappa shape index (κ2) is 13.8. The second-order valence-electron chi connectivity index (χ2n) is 11.4. The number of phenolic OH excluding ortho intramolecular Hbond substituents is 2. The maximum atomic E-state index is 14.4. The molecule has 0 spiro atoms. The van der Waals surface area contributed by atoms with Gasteiger partial charge in [-0.25, -0.2) is 4.79 Å². The van der Waals surface area contributed by atoms with Gasteiger partial charge < -0.3 is 30.5 Å². The number of anilines is 1. The molecular formula is C35H37N3O6. The third-order valence-corrected chi connectivity index (χ3v) is 6.74. The van der Waals surface area contributed by atoms with E-state index in [-0.39, 0.29) is 24.5 Å². The predicted octanol–water partition coefficient (Wildman–Crippen LogP) is 6.08. The Kier molecular flexibility index (Phi) is 9.90. The van der Waals surface area contributed by atoms with Crippen molar-refractivity contribution in [2.45, 2.75) is 44.9 Å². The van der Waals surface area contributed by atoms with Crippen LogP contribution in [0.15, 0.2) is 104 Å². The summed E-state index contributed by atoms with van der Waals surface area (Å²) in [5.74, 6) is -1.13. The van der Waals surface area contributed by atoms with E-state index in [9.17, 15) is 24.6 Å². The lowest BCUT2D eigenvalue weighted by atomic mass is 9.99. The molecule has 0 saturated heterocycles. The number of ether oxygens (including phenoxy) is 1. The van der Waals surface area contributed by atoms with Gasteiger partial charge in [-0.1, -0.05) is 60.7 Å². The number of nitrogens with one attached hydrogen (secondary N) is 2. The molecule has 0 saturated carbocycles. The van der Waals surface area contributed by atoms with E-state index in [1.54, 1.807) is 51.1 Å². The van der Waals surface area contributed by atoms with Gasteiger partial charge in [-0.15, -0.1) is 6.58 Å². The average molecular weight is 596 g/mol. The Bertz CT molecular complexity index is 1640. The van der Waals surface area contributed by atoms with Gasteiger partial charge in [-0.2, -0.15) is 0 Å². The van der Waals surface area contributed by atoms with Crippen molar-refractivity contribution < 1.29 is 29.3 Å². The maximum absolute atomic E-state index is 14.4. The molecule has 2 atom stereocenters. The summed E-state index contributed by atoms with van der Waals surface area (Å²) in [6.07, 6.45) is 0.732. The topological polar surface area (TPSA) is 128 Å². The van der Waals surface area contributed by atoms with E-state index < -0.39 is 35.6 Å². The summed E-state index contributed by atoms with van der Waals surface area (Å²) in [6.45, 7) is 8.88. The van der Waals surface area contributed by atoms with Crippen LogP contribution in [0.1, 0.15) is 37.9 Å². The largest absolute Gasteiger partial charge is 0.508 e. The van der Waals surface area contributed by atoms with Crippen molar-refractivity contribution in [2.24, 2.45) is 0 Å². The Morgan fingerprint density at radius 1 is 0.886 bits per heavy atom. The van der Waals surface area contributed by atoms with Gasteiger partial charge in [-0.3, -0.25) is 9.59 Å². The Morgan fingerprint density at radius 3 is 2.25 bits per heavy atom. The highest BCUT2D eigenvalue weighted by molar-refractivity contribution is 6.00. The van der Waals surface area contributed by atoms with Crippen LogP contribution < -0.4 is 10.6 Å². The quantitative estimate of drug-likeness (QED) is 0.165. The number of benzene rings is 4. The third kappa shape index (κ3) is 8.38. The second-order valence-corrected chi connectivity index (χ2v) is 11.4. The van der Waals surface area contributed by atoms with Crippen molar-refractivity contribution in [3.63, 3.8) is 0 Å². The minimum atomic E-state index is -1.21. The minimum absolute atomic E-state index is 0.0467. The summed E-state index contributed by atoms with van der Waals surface area (Å²) in [5.41, 5.74) is 0.725. The van der Waals surface area contributed by atoms with Crippen LogP contribution in [0, 0.1) is 0 Å². The number of aromatic hydroxyl groups is 2. The molecule has 0 radical (unpaired) electrons. The van der Waals surface area contributed by atoms with Gasteiger partial charge in [0.05, 0.1) is 0 Å². The van der Waals surface area contributed by atoms with Crippen LogP contribution in [-0.2, 0) is 20.7 Å². The smallest absolute Gasteiger partial charge is 0.408 e. The van der Waals surface area contributed by atoms with E-state index in [4.69, 9.17) is 4.74 Å². The van der Waals surface area contributed by atoms with Gasteiger partial charge in [0.1, 0.15) is 29.2 Å². The molecule has 4 aromatic carbocycles. The third-order valence-electron chi connectivity index (χ3n) is 6.74. The number of amides is 3. The molecule has 0 aromatic heterocycles. The number of carbonyl (C=O) groups is 3. The zero-order valence-electron chi connectivity index (χ0n) is 25.0. The molecular weight excluding hydrogens is 558 g/mol. The van der Waals surface area contributed by atoms with Crippen molar-refractivity contribution in [1.82, 2.24) is 10.2 Å². The van der Waals surface area contributed by atoms with Crippen LogP contribution in [0.25, 0.3) is 10.8 Å². The van der Waals surface area contributed by atoms with Crippen molar-refractivity contribution in [3.05, 3.63) is 115 Å². The summed E-state index contributed by atoms with van der Waals surface area (Å²) in [4.78, 5) is 42.6. The van der Waals surface area contributed by atoms with Crippen LogP contribution in [0.5, 0.6) is 11.5 Å². The molecule has 0 bridgehead atoms. The predicted molar refractivity (Wildman–Crippen MR) is 170 cm³/mol. The molecule has 4 N–H and O–H groups in total. The Hall–Kier alpha value is -5.31. The van der Waals surface area contributed by atoms with Gasteiger partial charge in [0.2, 0.25) is 5.91 Å². The lowest BCUT2D eigenvalue weighted by Crippen LogP contribution is -2.53. The number of phenols is 2. The van der Waals surface area contributed by atoms with Gasteiger partial charge in [0, 0.05) is 18.7 Å². The average Bonchev–Trinajstić information content (AvgIpc) is 2.96. The fourth-order valence-corrected chi connectivity index (χ4v) is 4.82. The van der Waals surface area contributed by atoms with Crippen molar-refractivity contribution in [2.75, 3.05) is 11.9 Å². The normalized spacial score (nSPS) is 12.5. The number of hydrogen-bond acceptors (Lipinski definition) is 6. The Balaban J connectivity index is 1.73. The molecule has 9 nitrogen and oxygen atoms in total. The molecule has 2 unspecified atom stereocenters. The zero-order valence-corrected chi connectivity index (χ0v) is 25.0. The molecule has 0 aliphatic heterocycles. The molecule has 0 aliphatic carbocycles. The molecule has 3 amide bonds. The van der Waals surface area contributed by atoms with Crippen LogP contribution in [-0.4, -0.2) is 51.2 Å². The van der Waals surface area contributed by atoms with E-state index in [2.05, 4.69) is 17.2 Å². The van der Waals surface area contributed by atoms with Gasteiger partial charge in [-0.05, 0) is 79.1 Å². The molecule has 4 rings (SSSR count). The fourth-order valence-electron chi connectivity index (χ4n) is 4.82. The lowest BCUT2D eigenvalue weighted by molar-refractivity contribution is -0.140. The van der Waals surface area contributed by atoms with E-state index in [1.807, 2.05) is 36.4 Å². The summed E-state index contributed by atoms with van der Waals surface area (Å²) in [5, 5.41) is 27.6. The zero-order chi connectivity index (χ0) is 31.9. The summed E-state index contributed by atoms with van der Waals surface area (Å²) in [6, 6.07) is 23.2. The van der Waals surface area contributed by atoms with E-state index in [0.29, 0.717) is 16.8 Å². The van der Waals surface area contributed by atoms with E-state index in [0.717, 1.165) is 10.8 Å². The lowest BCUT2D eigenvalue weighted by Gasteiger charge is -2.34. The Labute approximate surface area is 256 Å².